The Morgan fingerprint density at radius 2 is 1.94 bits per heavy atom. The van der Waals surface area contributed by atoms with Crippen molar-refractivity contribution in [3.8, 4) is 0 Å². The summed E-state index contributed by atoms with van der Waals surface area (Å²) in [4.78, 5) is 17.5. The Morgan fingerprint density at radius 1 is 1.23 bits per heavy atom. The van der Waals surface area contributed by atoms with Gasteiger partial charge in [0.05, 0.1) is 10.6 Å². The minimum atomic E-state index is -3.52. The first-order valence-electron chi connectivity index (χ1n) is 10.1. The number of benzene rings is 1. The predicted molar refractivity (Wildman–Crippen MR) is 123 cm³/mol. The second-order valence-corrected chi connectivity index (χ2v) is 10.2. The van der Waals surface area contributed by atoms with Crippen molar-refractivity contribution in [2.75, 3.05) is 19.6 Å². The van der Waals surface area contributed by atoms with E-state index < -0.39 is 15.6 Å². The van der Waals surface area contributed by atoms with Crippen molar-refractivity contribution >= 4 is 39.3 Å². The Balaban J connectivity index is 1.86. The fourth-order valence-corrected chi connectivity index (χ4v) is 5.76. The van der Waals surface area contributed by atoms with Crippen molar-refractivity contribution in [3.05, 3.63) is 63.9 Å². The molecule has 10 heteroatoms. The summed E-state index contributed by atoms with van der Waals surface area (Å²) in [5.74, 6) is -0.313. The molecule has 1 atom stereocenters. The van der Waals surface area contributed by atoms with Crippen LogP contribution < -0.4 is 10.0 Å². The molecule has 2 N–H and O–H groups in total. The van der Waals surface area contributed by atoms with Gasteiger partial charge in [-0.1, -0.05) is 36.2 Å². The number of hydrogen-bond acceptors (Lipinski definition) is 4. The highest BCUT2D eigenvalue weighted by atomic mass is 35.5. The lowest BCUT2D eigenvalue weighted by Crippen LogP contribution is -2.56. The van der Waals surface area contributed by atoms with E-state index in [1.165, 1.54) is 10.4 Å². The van der Waals surface area contributed by atoms with Crippen molar-refractivity contribution in [1.29, 1.82) is 0 Å². The lowest BCUT2D eigenvalue weighted by Gasteiger charge is -2.44. The van der Waals surface area contributed by atoms with Gasteiger partial charge in [-0.05, 0) is 50.1 Å². The number of nitrogens with one attached hydrogen (secondary N) is 2. The molecular formula is C21H26Cl2N4O3S. The van der Waals surface area contributed by atoms with E-state index in [1.807, 2.05) is 25.1 Å². The van der Waals surface area contributed by atoms with Crippen LogP contribution >= 0.6 is 23.2 Å². The van der Waals surface area contributed by atoms with Crippen LogP contribution in [0.1, 0.15) is 42.7 Å². The molecule has 2 heterocycles. The van der Waals surface area contributed by atoms with Crippen LogP contribution in [0, 0.1) is 0 Å². The number of carbonyl (C=O) groups excluding carboxylic acids is 1. The number of piperidine rings is 1. The lowest BCUT2D eigenvalue weighted by molar-refractivity contribution is 0.0893. The number of aromatic nitrogens is 1. The number of hydrogen-bond donors (Lipinski definition) is 2. The molecule has 1 aliphatic heterocycles. The topological polar surface area (TPSA) is 91.4 Å². The quantitative estimate of drug-likeness (QED) is 0.629. The molecule has 1 aromatic heterocycles. The number of nitrogens with zero attached hydrogens (tertiary/aromatic N) is 2. The smallest absolute Gasteiger partial charge is 0.279 e. The first kappa shape index (κ1) is 23.9. The maximum atomic E-state index is 12.9. The molecule has 1 unspecified atom stereocenters. The minimum absolute atomic E-state index is 0.274. The number of carbonyl (C=O) groups is 1. The molecule has 1 fully saturated rings. The maximum Gasteiger partial charge on any atom is 0.279 e. The van der Waals surface area contributed by atoms with E-state index >= 15 is 0 Å². The van der Waals surface area contributed by atoms with Crippen LogP contribution in [-0.2, 0) is 15.6 Å². The summed E-state index contributed by atoms with van der Waals surface area (Å²) in [5.41, 5.74) is 0.639. The second kappa shape index (κ2) is 9.83. The Hall–Kier alpha value is -1.71. The Bertz CT molecular complexity index is 1030. The Kier molecular flexibility index (Phi) is 7.59. The van der Waals surface area contributed by atoms with Gasteiger partial charge in [0.2, 0.25) is 0 Å². The van der Waals surface area contributed by atoms with E-state index in [2.05, 4.69) is 15.0 Å². The number of rotatable bonds is 7. The highest BCUT2D eigenvalue weighted by Gasteiger charge is 2.44. The third kappa shape index (κ3) is 5.21. The molecule has 31 heavy (non-hydrogen) atoms. The van der Waals surface area contributed by atoms with Crippen LogP contribution in [0.5, 0.6) is 0 Å². The van der Waals surface area contributed by atoms with Crippen molar-refractivity contribution in [1.82, 2.24) is 19.3 Å². The number of halogens is 2. The molecule has 0 aliphatic carbocycles. The standard InChI is InChI=1S/C21H26Cl2N4O3S/c1-3-25-31(29,30)27-12-9-21(10-13-27,19-6-4-5-11-24-19)15(2)26-20(28)17-8-7-16(22)14-18(17)23/h4-8,11,14-15,25H,3,9-10,12-13H2,1-2H3,(H,26,28). The summed E-state index contributed by atoms with van der Waals surface area (Å²) in [6.07, 6.45) is 2.75. The van der Waals surface area contributed by atoms with Crippen molar-refractivity contribution in [3.63, 3.8) is 0 Å². The molecular weight excluding hydrogens is 459 g/mol. The van der Waals surface area contributed by atoms with Crippen LogP contribution in [0.3, 0.4) is 0 Å². The van der Waals surface area contributed by atoms with Crippen molar-refractivity contribution in [2.45, 2.75) is 38.1 Å². The molecule has 0 bridgehead atoms. The highest BCUT2D eigenvalue weighted by Crippen LogP contribution is 2.38. The first-order chi connectivity index (χ1) is 14.7. The SMILES string of the molecule is CCNS(=O)(=O)N1CCC(c2ccccn2)(C(C)NC(=O)c2ccc(Cl)cc2Cl)CC1. The summed E-state index contributed by atoms with van der Waals surface area (Å²) in [5, 5.41) is 3.78. The van der Waals surface area contributed by atoms with E-state index in [0.717, 1.165) is 5.69 Å². The van der Waals surface area contributed by atoms with E-state index in [4.69, 9.17) is 23.2 Å². The monoisotopic (exact) mass is 484 g/mol. The summed E-state index contributed by atoms with van der Waals surface area (Å²) < 4.78 is 28.9. The van der Waals surface area contributed by atoms with Crippen LogP contribution in [0.4, 0.5) is 0 Å². The third-order valence-electron chi connectivity index (χ3n) is 5.81. The van der Waals surface area contributed by atoms with Crippen molar-refractivity contribution in [2.24, 2.45) is 0 Å². The molecule has 0 saturated carbocycles. The van der Waals surface area contributed by atoms with Gasteiger partial charge >= 0.3 is 0 Å². The van der Waals surface area contributed by atoms with Gasteiger partial charge in [-0.2, -0.15) is 12.7 Å². The van der Waals surface area contributed by atoms with Crippen LogP contribution in [0.15, 0.2) is 42.6 Å². The van der Waals surface area contributed by atoms with E-state index in [9.17, 15) is 13.2 Å². The first-order valence-corrected chi connectivity index (χ1v) is 12.3. The van der Waals surface area contributed by atoms with Gasteiger partial charge in [-0.15, -0.1) is 0 Å². The predicted octanol–water partition coefficient (Wildman–Crippen LogP) is 3.39. The zero-order valence-corrected chi connectivity index (χ0v) is 19.8. The zero-order valence-electron chi connectivity index (χ0n) is 17.4. The zero-order chi connectivity index (χ0) is 22.6. The molecule has 1 saturated heterocycles. The van der Waals surface area contributed by atoms with Gasteiger partial charge in [-0.25, -0.2) is 4.72 Å². The normalized spacial score (nSPS) is 17.8. The molecule has 2 aromatic rings. The highest BCUT2D eigenvalue weighted by molar-refractivity contribution is 7.87. The fourth-order valence-electron chi connectivity index (χ4n) is 4.05. The average Bonchev–Trinajstić information content (AvgIpc) is 2.74. The van der Waals surface area contributed by atoms with Gasteiger partial charge < -0.3 is 5.32 Å². The summed E-state index contributed by atoms with van der Waals surface area (Å²) in [6.45, 7) is 4.66. The Labute approximate surface area is 193 Å². The minimum Gasteiger partial charge on any atom is -0.349 e. The largest absolute Gasteiger partial charge is 0.349 e. The molecule has 1 amide bonds. The van der Waals surface area contributed by atoms with E-state index in [-0.39, 0.29) is 17.0 Å². The summed E-state index contributed by atoms with van der Waals surface area (Å²) in [7, 11) is -3.52. The lowest BCUT2D eigenvalue weighted by atomic mass is 9.70. The summed E-state index contributed by atoms with van der Waals surface area (Å²) in [6, 6.07) is 10.1. The maximum absolute atomic E-state index is 12.9. The molecule has 0 spiro atoms. The van der Waals surface area contributed by atoms with Gasteiger partial charge in [0, 0.05) is 48.0 Å². The number of pyridine rings is 1. The molecule has 0 radical (unpaired) electrons. The molecule has 1 aliphatic rings. The number of amides is 1. The van der Waals surface area contributed by atoms with Gasteiger partial charge in [0.15, 0.2) is 0 Å². The van der Waals surface area contributed by atoms with E-state index in [0.29, 0.717) is 43.1 Å². The Morgan fingerprint density at radius 3 is 2.52 bits per heavy atom. The van der Waals surface area contributed by atoms with Crippen LogP contribution in [0.25, 0.3) is 0 Å². The van der Waals surface area contributed by atoms with Crippen LogP contribution in [-0.4, -0.2) is 49.3 Å². The average molecular weight is 485 g/mol. The summed E-state index contributed by atoms with van der Waals surface area (Å²) >= 11 is 12.1. The van der Waals surface area contributed by atoms with Gasteiger partial charge in [0.25, 0.3) is 16.1 Å². The molecule has 3 rings (SSSR count). The van der Waals surface area contributed by atoms with Crippen LogP contribution in [0.2, 0.25) is 10.0 Å². The van der Waals surface area contributed by atoms with Gasteiger partial charge in [0.1, 0.15) is 0 Å². The molecule has 1 aromatic carbocycles. The van der Waals surface area contributed by atoms with Crippen molar-refractivity contribution < 1.29 is 13.2 Å². The second-order valence-electron chi connectivity index (χ2n) is 7.59. The molecule has 168 valence electrons. The molecule has 7 nitrogen and oxygen atoms in total. The van der Waals surface area contributed by atoms with E-state index in [1.54, 1.807) is 25.3 Å². The van der Waals surface area contributed by atoms with Gasteiger partial charge in [-0.3, -0.25) is 9.78 Å². The third-order valence-corrected chi connectivity index (χ3v) is 8.05. The fraction of sp³-hybridized carbons (Fsp3) is 0.429.